The average Bonchev–Trinajstić information content (AvgIpc) is 2.62. The first-order valence-corrected chi connectivity index (χ1v) is 5.99. The lowest BCUT2D eigenvalue weighted by Gasteiger charge is -2.05. The summed E-state index contributed by atoms with van der Waals surface area (Å²) in [5, 5.41) is 4.47. The van der Waals surface area contributed by atoms with Crippen LogP contribution in [-0.2, 0) is 6.54 Å². The van der Waals surface area contributed by atoms with Gasteiger partial charge in [-0.25, -0.2) is 0 Å². The van der Waals surface area contributed by atoms with Crippen LogP contribution in [0.25, 0.3) is 10.9 Å². The SMILES string of the molecule is CNCCCn1ccc2ccc(Br)cc21. The lowest BCUT2D eigenvalue weighted by Crippen LogP contribution is -2.10. The third kappa shape index (κ3) is 2.41. The number of hydrogen-bond donors (Lipinski definition) is 1. The molecule has 2 nitrogen and oxygen atoms in total. The third-order valence-electron chi connectivity index (χ3n) is 2.56. The van der Waals surface area contributed by atoms with Gasteiger partial charge in [0.1, 0.15) is 0 Å². The second-order valence-electron chi connectivity index (χ2n) is 3.67. The summed E-state index contributed by atoms with van der Waals surface area (Å²) in [4.78, 5) is 0. The molecular formula is C12H15BrN2. The van der Waals surface area contributed by atoms with Crippen LogP contribution in [-0.4, -0.2) is 18.2 Å². The Kier molecular flexibility index (Phi) is 3.44. The van der Waals surface area contributed by atoms with E-state index in [1.54, 1.807) is 0 Å². The monoisotopic (exact) mass is 266 g/mol. The van der Waals surface area contributed by atoms with Gasteiger partial charge in [-0.05, 0) is 43.6 Å². The number of rotatable bonds is 4. The van der Waals surface area contributed by atoms with Crippen molar-refractivity contribution in [3.63, 3.8) is 0 Å². The Morgan fingerprint density at radius 3 is 3.00 bits per heavy atom. The number of nitrogens with zero attached hydrogens (tertiary/aromatic N) is 1. The van der Waals surface area contributed by atoms with Crippen molar-refractivity contribution in [1.82, 2.24) is 9.88 Å². The molecule has 1 heterocycles. The Labute approximate surface area is 98.4 Å². The zero-order valence-electron chi connectivity index (χ0n) is 8.83. The molecule has 15 heavy (non-hydrogen) atoms. The molecule has 80 valence electrons. The van der Waals surface area contributed by atoms with Gasteiger partial charge in [0, 0.05) is 22.7 Å². The Hall–Kier alpha value is -0.800. The van der Waals surface area contributed by atoms with Gasteiger partial charge in [0.2, 0.25) is 0 Å². The first-order chi connectivity index (χ1) is 7.31. The number of aromatic nitrogens is 1. The second kappa shape index (κ2) is 4.81. The lowest BCUT2D eigenvalue weighted by atomic mass is 10.2. The second-order valence-corrected chi connectivity index (χ2v) is 4.59. The van der Waals surface area contributed by atoms with Gasteiger partial charge in [0.05, 0.1) is 0 Å². The normalized spacial score (nSPS) is 11.1. The van der Waals surface area contributed by atoms with E-state index in [-0.39, 0.29) is 0 Å². The maximum Gasteiger partial charge on any atom is 0.0491 e. The molecule has 2 rings (SSSR count). The highest BCUT2D eigenvalue weighted by Gasteiger charge is 2.00. The van der Waals surface area contributed by atoms with E-state index < -0.39 is 0 Å². The van der Waals surface area contributed by atoms with Gasteiger partial charge in [-0.3, -0.25) is 0 Å². The Morgan fingerprint density at radius 2 is 2.20 bits per heavy atom. The number of benzene rings is 1. The van der Waals surface area contributed by atoms with Crippen molar-refractivity contribution in [3.8, 4) is 0 Å². The molecule has 0 amide bonds. The summed E-state index contributed by atoms with van der Waals surface area (Å²) < 4.78 is 3.45. The minimum Gasteiger partial charge on any atom is -0.347 e. The summed E-state index contributed by atoms with van der Waals surface area (Å²) in [6.45, 7) is 2.13. The molecule has 0 fully saturated rings. The molecule has 1 N–H and O–H groups in total. The Morgan fingerprint density at radius 1 is 1.33 bits per heavy atom. The molecule has 3 heteroatoms. The van der Waals surface area contributed by atoms with Gasteiger partial charge in [0.15, 0.2) is 0 Å². The highest BCUT2D eigenvalue weighted by molar-refractivity contribution is 9.10. The number of aryl methyl sites for hydroxylation is 1. The molecule has 0 saturated carbocycles. The van der Waals surface area contributed by atoms with Gasteiger partial charge < -0.3 is 9.88 Å². The van der Waals surface area contributed by atoms with Crippen LogP contribution < -0.4 is 5.32 Å². The van der Waals surface area contributed by atoms with Crippen LogP contribution in [0.1, 0.15) is 6.42 Å². The summed E-state index contributed by atoms with van der Waals surface area (Å²) in [5.41, 5.74) is 1.31. The van der Waals surface area contributed by atoms with Crippen LogP contribution >= 0.6 is 15.9 Å². The molecule has 0 atom stereocenters. The van der Waals surface area contributed by atoms with Crippen LogP contribution in [0.15, 0.2) is 34.9 Å². The van der Waals surface area contributed by atoms with Gasteiger partial charge >= 0.3 is 0 Å². The molecular weight excluding hydrogens is 252 g/mol. The summed E-state index contributed by atoms with van der Waals surface area (Å²) in [7, 11) is 1.99. The largest absolute Gasteiger partial charge is 0.347 e. The van der Waals surface area contributed by atoms with Crippen LogP contribution in [0, 0.1) is 0 Å². The van der Waals surface area contributed by atoms with Gasteiger partial charge in [-0.2, -0.15) is 0 Å². The van der Waals surface area contributed by atoms with E-state index in [0.717, 1.165) is 24.0 Å². The smallest absolute Gasteiger partial charge is 0.0491 e. The average molecular weight is 267 g/mol. The number of halogens is 1. The molecule has 0 aliphatic carbocycles. The van der Waals surface area contributed by atoms with Crippen LogP contribution in [0.4, 0.5) is 0 Å². The van der Waals surface area contributed by atoms with Crippen molar-refractivity contribution in [3.05, 3.63) is 34.9 Å². The molecule has 1 aromatic carbocycles. The molecule has 0 aliphatic rings. The van der Waals surface area contributed by atoms with Gasteiger partial charge in [-0.15, -0.1) is 0 Å². The fourth-order valence-corrected chi connectivity index (χ4v) is 2.13. The van der Waals surface area contributed by atoms with Crippen LogP contribution in [0.2, 0.25) is 0 Å². The lowest BCUT2D eigenvalue weighted by molar-refractivity contribution is 0.627. The number of nitrogens with one attached hydrogen (secondary N) is 1. The summed E-state index contributed by atoms with van der Waals surface area (Å²) in [6, 6.07) is 8.57. The molecule has 1 aromatic heterocycles. The van der Waals surface area contributed by atoms with Crippen molar-refractivity contribution < 1.29 is 0 Å². The molecule has 0 spiro atoms. The van der Waals surface area contributed by atoms with Crippen molar-refractivity contribution >= 4 is 26.8 Å². The van der Waals surface area contributed by atoms with Gasteiger partial charge in [0.25, 0.3) is 0 Å². The summed E-state index contributed by atoms with van der Waals surface area (Å²) in [5.74, 6) is 0. The Balaban J connectivity index is 2.23. The molecule has 0 aliphatic heterocycles. The van der Waals surface area contributed by atoms with Crippen molar-refractivity contribution in [2.24, 2.45) is 0 Å². The van der Waals surface area contributed by atoms with E-state index in [2.05, 4.69) is 56.3 Å². The van der Waals surface area contributed by atoms with E-state index in [9.17, 15) is 0 Å². The fourth-order valence-electron chi connectivity index (χ4n) is 1.78. The molecule has 2 aromatic rings. The van der Waals surface area contributed by atoms with E-state index in [1.165, 1.54) is 10.9 Å². The standard InChI is InChI=1S/C12H15BrN2/c1-14-6-2-7-15-8-5-10-3-4-11(13)9-12(10)15/h3-5,8-9,14H,2,6-7H2,1H3. The number of hydrogen-bond acceptors (Lipinski definition) is 1. The first-order valence-electron chi connectivity index (χ1n) is 5.20. The van der Waals surface area contributed by atoms with E-state index >= 15 is 0 Å². The zero-order valence-corrected chi connectivity index (χ0v) is 10.4. The maximum absolute atomic E-state index is 3.51. The Bertz CT molecular complexity index is 448. The summed E-state index contributed by atoms with van der Waals surface area (Å²) in [6.07, 6.45) is 3.32. The first kappa shape index (κ1) is 10.7. The van der Waals surface area contributed by atoms with E-state index in [0.29, 0.717) is 0 Å². The van der Waals surface area contributed by atoms with E-state index in [4.69, 9.17) is 0 Å². The van der Waals surface area contributed by atoms with Crippen molar-refractivity contribution in [2.45, 2.75) is 13.0 Å². The summed E-state index contributed by atoms with van der Waals surface area (Å²) >= 11 is 3.51. The zero-order chi connectivity index (χ0) is 10.7. The quantitative estimate of drug-likeness (QED) is 0.842. The molecule has 0 radical (unpaired) electrons. The predicted molar refractivity (Wildman–Crippen MR) is 68.2 cm³/mol. The van der Waals surface area contributed by atoms with Gasteiger partial charge in [-0.1, -0.05) is 22.0 Å². The van der Waals surface area contributed by atoms with Crippen molar-refractivity contribution in [2.75, 3.05) is 13.6 Å². The topological polar surface area (TPSA) is 17.0 Å². The van der Waals surface area contributed by atoms with Crippen molar-refractivity contribution in [1.29, 1.82) is 0 Å². The third-order valence-corrected chi connectivity index (χ3v) is 3.05. The number of fused-ring (bicyclic) bond motifs is 1. The minimum absolute atomic E-state index is 1.06. The maximum atomic E-state index is 3.51. The molecule has 0 unspecified atom stereocenters. The predicted octanol–water partition coefficient (Wildman–Crippen LogP) is 3.01. The minimum atomic E-state index is 1.06. The fraction of sp³-hybridized carbons (Fsp3) is 0.333. The van der Waals surface area contributed by atoms with Crippen LogP contribution in [0.5, 0.6) is 0 Å². The molecule has 0 saturated heterocycles. The highest BCUT2D eigenvalue weighted by Crippen LogP contribution is 2.20. The highest BCUT2D eigenvalue weighted by atomic mass is 79.9. The van der Waals surface area contributed by atoms with E-state index in [1.807, 2.05) is 7.05 Å². The van der Waals surface area contributed by atoms with Crippen LogP contribution in [0.3, 0.4) is 0 Å². The molecule has 0 bridgehead atoms.